The topological polar surface area (TPSA) is 17.8 Å². The van der Waals surface area contributed by atoms with Crippen molar-refractivity contribution in [2.24, 2.45) is 0 Å². The van der Waals surface area contributed by atoms with Crippen LogP contribution in [0.4, 0.5) is 0 Å². The number of hydrogen-bond acceptors (Lipinski definition) is 1. The van der Waals surface area contributed by atoms with Gasteiger partial charge in [0.2, 0.25) is 0 Å². The first-order valence-corrected chi connectivity index (χ1v) is 10.4. The molecule has 0 radical (unpaired) electrons. The van der Waals surface area contributed by atoms with E-state index in [0.717, 1.165) is 42.7 Å². The zero-order chi connectivity index (χ0) is 19.0. The molecule has 0 saturated heterocycles. The fourth-order valence-electron chi connectivity index (χ4n) is 3.09. The van der Waals surface area contributed by atoms with Crippen molar-refractivity contribution in [2.75, 3.05) is 0 Å². The van der Waals surface area contributed by atoms with Crippen LogP contribution in [0.25, 0.3) is 28.2 Å². The molecule has 1 aromatic heterocycles. The number of rotatable bonds is 3. The molecule has 4 rings (SSSR count). The van der Waals surface area contributed by atoms with E-state index in [0.29, 0.717) is 5.02 Å². The summed E-state index contributed by atoms with van der Waals surface area (Å²) >= 11 is 13.1. The number of halogens is 3. The van der Waals surface area contributed by atoms with Gasteiger partial charge in [-0.2, -0.15) is 5.10 Å². The summed E-state index contributed by atoms with van der Waals surface area (Å²) in [7, 11) is 0. The third-order valence-electron chi connectivity index (χ3n) is 4.43. The lowest BCUT2D eigenvalue weighted by molar-refractivity contribution is 0.891. The Hall–Kier alpha value is -1.88. The highest BCUT2D eigenvalue weighted by Crippen LogP contribution is 2.34. The predicted octanol–water partition coefficient (Wildman–Crippen LogP) is 7.69. The number of benzene rings is 3. The van der Waals surface area contributed by atoms with Crippen LogP contribution in [0.15, 0.2) is 81.7 Å². The highest BCUT2D eigenvalue weighted by molar-refractivity contribution is 9.10. The Balaban J connectivity index is 1.95. The summed E-state index contributed by atoms with van der Waals surface area (Å²) < 4.78 is 4.09. The van der Waals surface area contributed by atoms with Crippen LogP contribution in [-0.4, -0.2) is 9.78 Å². The molecule has 0 saturated carbocycles. The Bertz CT molecular complexity index is 1080. The van der Waals surface area contributed by atoms with Gasteiger partial charge >= 0.3 is 0 Å². The van der Waals surface area contributed by atoms with Crippen LogP contribution in [0.3, 0.4) is 0 Å². The normalized spacial score (nSPS) is 11.0. The lowest BCUT2D eigenvalue weighted by Crippen LogP contribution is -1.99. The van der Waals surface area contributed by atoms with Crippen LogP contribution in [0.2, 0.25) is 5.02 Å². The second-order valence-electron chi connectivity index (χ2n) is 6.22. The molecule has 5 heteroatoms. The minimum Gasteiger partial charge on any atom is -0.232 e. The van der Waals surface area contributed by atoms with Gasteiger partial charge in [0.25, 0.3) is 0 Å². The lowest BCUT2D eigenvalue weighted by atomic mass is 10.0. The molecule has 0 bridgehead atoms. The standard InChI is InChI=1S/C22H15Br2ClN2/c1-14-21(15-2-6-17(23)7-3-15)26-27(20-12-10-19(25)11-13-20)22(14)16-4-8-18(24)9-5-16/h2-13H,1H3. The number of hydrogen-bond donors (Lipinski definition) is 0. The van der Waals surface area contributed by atoms with Crippen molar-refractivity contribution in [3.05, 3.63) is 92.3 Å². The van der Waals surface area contributed by atoms with Crippen molar-refractivity contribution in [1.82, 2.24) is 9.78 Å². The molecule has 2 nitrogen and oxygen atoms in total. The third-order valence-corrected chi connectivity index (χ3v) is 5.74. The Morgan fingerprint density at radius 3 is 1.81 bits per heavy atom. The summed E-state index contributed by atoms with van der Waals surface area (Å²) in [6.07, 6.45) is 0. The molecule has 4 aromatic rings. The second kappa shape index (κ2) is 7.63. The summed E-state index contributed by atoms with van der Waals surface area (Å²) in [6.45, 7) is 2.12. The molecule has 0 aliphatic heterocycles. The van der Waals surface area contributed by atoms with Gasteiger partial charge in [-0.25, -0.2) is 4.68 Å². The molecule has 3 aromatic carbocycles. The summed E-state index contributed by atoms with van der Waals surface area (Å²) in [5.41, 5.74) is 6.35. The highest BCUT2D eigenvalue weighted by Gasteiger charge is 2.18. The molecule has 0 aliphatic carbocycles. The third kappa shape index (κ3) is 3.75. The Kier molecular flexibility index (Phi) is 5.22. The predicted molar refractivity (Wildman–Crippen MR) is 120 cm³/mol. The smallest absolute Gasteiger partial charge is 0.0963 e. The minimum atomic E-state index is 0.709. The first-order valence-electron chi connectivity index (χ1n) is 8.40. The van der Waals surface area contributed by atoms with Gasteiger partial charge in [-0.05, 0) is 55.5 Å². The van der Waals surface area contributed by atoms with E-state index < -0.39 is 0 Å². The van der Waals surface area contributed by atoms with E-state index in [1.807, 2.05) is 53.2 Å². The van der Waals surface area contributed by atoms with Gasteiger partial charge in [0.05, 0.1) is 17.1 Å². The van der Waals surface area contributed by atoms with E-state index in [1.54, 1.807) is 0 Å². The lowest BCUT2D eigenvalue weighted by Gasteiger charge is -2.09. The van der Waals surface area contributed by atoms with Crippen LogP contribution in [-0.2, 0) is 0 Å². The second-order valence-corrected chi connectivity index (χ2v) is 8.49. The largest absolute Gasteiger partial charge is 0.232 e. The van der Waals surface area contributed by atoms with E-state index >= 15 is 0 Å². The van der Waals surface area contributed by atoms with Gasteiger partial charge in [0.15, 0.2) is 0 Å². The molecule has 1 heterocycles. The van der Waals surface area contributed by atoms with E-state index in [9.17, 15) is 0 Å². The van der Waals surface area contributed by atoms with Crippen LogP contribution in [0.1, 0.15) is 5.56 Å². The molecule has 0 N–H and O–H groups in total. The van der Waals surface area contributed by atoms with Crippen molar-refractivity contribution in [3.63, 3.8) is 0 Å². The fraction of sp³-hybridized carbons (Fsp3) is 0.0455. The summed E-state index contributed by atoms with van der Waals surface area (Å²) in [6, 6.07) is 24.3. The SMILES string of the molecule is Cc1c(-c2ccc(Br)cc2)nn(-c2ccc(Cl)cc2)c1-c1ccc(Br)cc1. The molecule has 0 unspecified atom stereocenters. The Morgan fingerprint density at radius 1 is 0.741 bits per heavy atom. The van der Waals surface area contributed by atoms with Crippen LogP contribution in [0, 0.1) is 6.92 Å². The number of aromatic nitrogens is 2. The Labute approximate surface area is 180 Å². The number of nitrogens with zero attached hydrogens (tertiary/aromatic N) is 2. The first-order chi connectivity index (χ1) is 13.0. The van der Waals surface area contributed by atoms with Crippen LogP contribution >= 0.6 is 43.5 Å². The van der Waals surface area contributed by atoms with Crippen molar-refractivity contribution in [3.8, 4) is 28.2 Å². The quantitative estimate of drug-likeness (QED) is 0.281. The average molecular weight is 503 g/mol. The van der Waals surface area contributed by atoms with E-state index in [2.05, 4.69) is 63.0 Å². The minimum absolute atomic E-state index is 0.709. The van der Waals surface area contributed by atoms with Crippen molar-refractivity contribution in [2.45, 2.75) is 6.92 Å². The molecular weight excluding hydrogens is 488 g/mol. The maximum Gasteiger partial charge on any atom is 0.0963 e. The van der Waals surface area contributed by atoms with E-state index in [-0.39, 0.29) is 0 Å². The van der Waals surface area contributed by atoms with Crippen molar-refractivity contribution < 1.29 is 0 Å². The fourth-order valence-corrected chi connectivity index (χ4v) is 3.75. The van der Waals surface area contributed by atoms with Crippen molar-refractivity contribution >= 4 is 43.5 Å². The molecule has 0 aliphatic rings. The van der Waals surface area contributed by atoms with Gasteiger partial charge in [-0.15, -0.1) is 0 Å². The highest BCUT2D eigenvalue weighted by atomic mass is 79.9. The van der Waals surface area contributed by atoms with E-state index in [1.165, 1.54) is 0 Å². The summed E-state index contributed by atoms with van der Waals surface area (Å²) in [5.74, 6) is 0. The molecule has 134 valence electrons. The van der Waals surface area contributed by atoms with Crippen LogP contribution < -0.4 is 0 Å². The van der Waals surface area contributed by atoms with Gasteiger partial charge in [-0.1, -0.05) is 67.7 Å². The monoisotopic (exact) mass is 500 g/mol. The Morgan fingerprint density at radius 2 is 1.26 bits per heavy atom. The van der Waals surface area contributed by atoms with Gasteiger partial charge < -0.3 is 0 Å². The first kappa shape index (κ1) is 18.5. The average Bonchev–Trinajstić information content (AvgIpc) is 3.01. The molecule has 27 heavy (non-hydrogen) atoms. The van der Waals surface area contributed by atoms with Crippen LogP contribution in [0.5, 0.6) is 0 Å². The molecule has 0 atom stereocenters. The zero-order valence-electron chi connectivity index (χ0n) is 14.5. The van der Waals surface area contributed by atoms with Crippen molar-refractivity contribution in [1.29, 1.82) is 0 Å². The molecule has 0 amide bonds. The maximum atomic E-state index is 6.08. The molecule has 0 spiro atoms. The van der Waals surface area contributed by atoms with Gasteiger partial charge in [0.1, 0.15) is 0 Å². The summed E-state index contributed by atoms with van der Waals surface area (Å²) in [4.78, 5) is 0. The molecular formula is C22H15Br2ClN2. The van der Waals surface area contributed by atoms with Gasteiger partial charge in [0, 0.05) is 30.7 Å². The maximum absolute atomic E-state index is 6.08. The molecule has 0 fully saturated rings. The summed E-state index contributed by atoms with van der Waals surface area (Å²) in [5, 5.41) is 5.66. The van der Waals surface area contributed by atoms with Gasteiger partial charge in [-0.3, -0.25) is 0 Å². The van der Waals surface area contributed by atoms with E-state index in [4.69, 9.17) is 16.7 Å². The zero-order valence-corrected chi connectivity index (χ0v) is 18.4.